The minimum Gasteiger partial charge on any atom is -0.408 e. The summed E-state index contributed by atoms with van der Waals surface area (Å²) in [6, 6.07) is 12.8. The number of hydrogen-bond donors (Lipinski definition) is 1. The van der Waals surface area contributed by atoms with Crippen LogP contribution < -0.4 is 15.8 Å². The summed E-state index contributed by atoms with van der Waals surface area (Å²) in [5.74, 6) is 4.03. The number of primary sulfonamides is 1. The normalized spacial score (nSPS) is 12.3. The van der Waals surface area contributed by atoms with Crippen LogP contribution in [0.2, 0.25) is 0 Å². The molecule has 0 fully saturated rings. The number of anilines is 1. The van der Waals surface area contributed by atoms with Gasteiger partial charge in [-0.2, -0.15) is 4.39 Å². The van der Waals surface area contributed by atoms with E-state index in [0.29, 0.717) is 23.5 Å². The average molecular weight is 499 g/mol. The Kier molecular flexibility index (Phi) is 6.43. The minimum absolute atomic E-state index is 0.0908. The van der Waals surface area contributed by atoms with Gasteiger partial charge in [0.2, 0.25) is 16.0 Å². The topological polar surface area (TPSA) is 111 Å². The molecule has 4 aromatic rings. The molecule has 0 aliphatic carbocycles. The Morgan fingerprint density at radius 1 is 1.17 bits per heavy atom. The van der Waals surface area contributed by atoms with Crippen LogP contribution in [0.3, 0.4) is 0 Å². The zero-order chi connectivity index (χ0) is 25.3. The Bertz CT molecular complexity index is 1650. The van der Waals surface area contributed by atoms with Crippen molar-refractivity contribution in [1.82, 2.24) is 9.55 Å². The second kappa shape index (κ2) is 9.32. The number of halogens is 2. The molecule has 180 valence electrons. The van der Waals surface area contributed by atoms with E-state index in [1.807, 2.05) is 0 Å². The van der Waals surface area contributed by atoms with Crippen LogP contribution in [-0.4, -0.2) is 31.6 Å². The Balaban J connectivity index is 1.62. The molecule has 1 atom stereocenters. The highest BCUT2D eigenvalue weighted by atomic mass is 32.2. The lowest BCUT2D eigenvalue weighted by Gasteiger charge is -2.14. The maximum absolute atomic E-state index is 14.4. The van der Waals surface area contributed by atoms with E-state index in [1.54, 1.807) is 55.3 Å². The van der Waals surface area contributed by atoms with Crippen molar-refractivity contribution in [3.63, 3.8) is 0 Å². The van der Waals surface area contributed by atoms with Gasteiger partial charge in [-0.05, 0) is 36.8 Å². The molecule has 0 radical (unpaired) electrons. The summed E-state index contributed by atoms with van der Waals surface area (Å²) in [7, 11) is -2.59. The van der Waals surface area contributed by atoms with Gasteiger partial charge in [-0.3, -0.25) is 4.57 Å². The fourth-order valence-corrected chi connectivity index (χ4v) is 4.20. The summed E-state index contributed by atoms with van der Waals surface area (Å²) in [4.78, 5) is 17.3. The number of nitrogens with two attached hydrogens (primary N) is 1. The first-order valence-corrected chi connectivity index (χ1v) is 11.9. The molecule has 11 heteroatoms. The van der Waals surface area contributed by atoms with E-state index in [2.05, 4.69) is 16.8 Å². The number of rotatable bonds is 5. The summed E-state index contributed by atoms with van der Waals surface area (Å²) in [5.41, 5.74) is 1.35. The molecule has 2 aromatic carbocycles. The first-order valence-electron chi connectivity index (χ1n) is 10.3. The SMILES string of the molecule is C[C@H](c1cccc(C#CCN(C)c2cccc(F)n2)c1)n1c(=O)oc2cc(S(N)(=O)=O)c(F)cc21. The second-order valence-electron chi connectivity index (χ2n) is 7.81. The smallest absolute Gasteiger partial charge is 0.408 e. The van der Waals surface area contributed by atoms with Gasteiger partial charge in [0.15, 0.2) is 5.58 Å². The Labute approximate surface area is 199 Å². The predicted molar refractivity (Wildman–Crippen MR) is 126 cm³/mol. The molecule has 2 heterocycles. The fraction of sp³-hybridized carbons (Fsp3) is 0.167. The Morgan fingerprint density at radius 3 is 2.63 bits per heavy atom. The van der Waals surface area contributed by atoms with Crippen LogP contribution in [0.25, 0.3) is 11.1 Å². The van der Waals surface area contributed by atoms with Crippen LogP contribution in [0, 0.1) is 23.6 Å². The largest absolute Gasteiger partial charge is 0.420 e. The molecule has 0 saturated heterocycles. The van der Waals surface area contributed by atoms with Crippen molar-refractivity contribution in [3.8, 4) is 11.8 Å². The van der Waals surface area contributed by atoms with Crippen molar-refractivity contribution in [3.05, 3.63) is 88.0 Å². The maximum atomic E-state index is 14.4. The number of nitrogens with zero attached hydrogens (tertiary/aromatic N) is 3. The number of fused-ring (bicyclic) bond motifs is 1. The van der Waals surface area contributed by atoms with Gasteiger partial charge in [-0.15, -0.1) is 0 Å². The third-order valence-corrected chi connectivity index (χ3v) is 6.30. The lowest BCUT2D eigenvalue weighted by Crippen LogP contribution is -2.19. The van der Waals surface area contributed by atoms with E-state index < -0.39 is 38.5 Å². The fourth-order valence-electron chi connectivity index (χ4n) is 3.60. The molecule has 0 spiro atoms. The van der Waals surface area contributed by atoms with E-state index in [1.165, 1.54) is 10.6 Å². The molecule has 4 rings (SSSR count). The molecular formula is C24H20F2N4O4S. The lowest BCUT2D eigenvalue weighted by molar-refractivity contribution is 0.489. The van der Waals surface area contributed by atoms with E-state index in [4.69, 9.17) is 9.56 Å². The van der Waals surface area contributed by atoms with Crippen molar-refractivity contribution < 1.29 is 21.6 Å². The summed E-state index contributed by atoms with van der Waals surface area (Å²) in [6.07, 6.45) is 0. The number of aromatic nitrogens is 2. The number of pyridine rings is 1. The van der Waals surface area contributed by atoms with Crippen LogP contribution >= 0.6 is 0 Å². The third-order valence-electron chi connectivity index (χ3n) is 5.37. The van der Waals surface area contributed by atoms with Gasteiger partial charge in [-0.25, -0.2) is 27.7 Å². The second-order valence-corrected chi connectivity index (χ2v) is 9.34. The van der Waals surface area contributed by atoms with Gasteiger partial charge < -0.3 is 9.32 Å². The minimum atomic E-state index is -4.33. The zero-order valence-corrected chi connectivity index (χ0v) is 19.5. The number of hydrogen-bond acceptors (Lipinski definition) is 6. The van der Waals surface area contributed by atoms with E-state index >= 15 is 0 Å². The van der Waals surface area contributed by atoms with Gasteiger partial charge in [0.25, 0.3) is 0 Å². The van der Waals surface area contributed by atoms with Gasteiger partial charge in [0.1, 0.15) is 16.5 Å². The van der Waals surface area contributed by atoms with Gasteiger partial charge in [-0.1, -0.05) is 30.0 Å². The Morgan fingerprint density at radius 2 is 1.91 bits per heavy atom. The van der Waals surface area contributed by atoms with Crippen molar-refractivity contribution in [2.75, 3.05) is 18.5 Å². The predicted octanol–water partition coefficient (Wildman–Crippen LogP) is 3.01. The molecule has 0 aliphatic rings. The first-order chi connectivity index (χ1) is 16.5. The molecule has 8 nitrogen and oxygen atoms in total. The van der Waals surface area contributed by atoms with Gasteiger partial charge >= 0.3 is 5.76 Å². The van der Waals surface area contributed by atoms with Gasteiger partial charge in [0, 0.05) is 24.7 Å². The summed E-state index contributed by atoms with van der Waals surface area (Å²) >= 11 is 0. The number of benzene rings is 2. The van der Waals surface area contributed by atoms with E-state index in [9.17, 15) is 22.0 Å². The Hall–Kier alpha value is -4.01. The highest BCUT2D eigenvalue weighted by Gasteiger charge is 2.22. The molecule has 0 saturated carbocycles. The molecule has 35 heavy (non-hydrogen) atoms. The van der Waals surface area contributed by atoms with Crippen LogP contribution in [0.4, 0.5) is 14.6 Å². The molecule has 0 bridgehead atoms. The van der Waals surface area contributed by atoms with Crippen molar-refractivity contribution >= 4 is 26.9 Å². The third kappa shape index (κ3) is 5.08. The van der Waals surface area contributed by atoms with Crippen LogP contribution in [0.15, 0.2) is 68.7 Å². The molecule has 0 aliphatic heterocycles. The standard InChI is InChI=1S/C24H20F2N4O4S/c1-15(30-19-13-18(25)21(35(27,32)33)14-20(19)34-24(30)31)17-8-3-6-16(12-17)7-5-11-29(2)23-10-4-9-22(26)28-23/h3-4,6,8-10,12-15H,11H2,1-2H3,(H2,27,32,33)/t15-/m1/s1. The van der Waals surface area contributed by atoms with Crippen molar-refractivity contribution in [2.45, 2.75) is 17.9 Å². The molecule has 2 aromatic heterocycles. The highest BCUT2D eigenvalue weighted by Crippen LogP contribution is 2.26. The number of sulfonamides is 1. The van der Waals surface area contributed by atoms with Crippen molar-refractivity contribution in [1.29, 1.82) is 0 Å². The summed E-state index contributed by atoms with van der Waals surface area (Å²) in [6.45, 7) is 2.02. The molecule has 2 N–H and O–H groups in total. The molecule has 0 amide bonds. The first kappa shape index (κ1) is 24.1. The molecule has 0 unspecified atom stereocenters. The van der Waals surface area contributed by atoms with E-state index in [0.717, 1.165) is 12.1 Å². The van der Waals surface area contributed by atoms with E-state index in [-0.39, 0.29) is 11.1 Å². The molecular weight excluding hydrogens is 478 g/mol. The number of oxazole rings is 1. The lowest BCUT2D eigenvalue weighted by atomic mass is 10.0. The van der Waals surface area contributed by atoms with Crippen molar-refractivity contribution in [2.24, 2.45) is 5.14 Å². The van der Waals surface area contributed by atoms with Crippen LogP contribution in [-0.2, 0) is 10.0 Å². The highest BCUT2D eigenvalue weighted by molar-refractivity contribution is 7.89. The summed E-state index contributed by atoms with van der Waals surface area (Å²) < 4.78 is 57.3. The van der Waals surface area contributed by atoms with Crippen LogP contribution in [0.5, 0.6) is 0 Å². The van der Waals surface area contributed by atoms with Crippen LogP contribution in [0.1, 0.15) is 24.1 Å². The zero-order valence-electron chi connectivity index (χ0n) is 18.7. The summed E-state index contributed by atoms with van der Waals surface area (Å²) in [5, 5.41) is 5.03. The quantitative estimate of drug-likeness (QED) is 0.335. The average Bonchev–Trinajstić information content (AvgIpc) is 3.12. The monoisotopic (exact) mass is 498 g/mol. The maximum Gasteiger partial charge on any atom is 0.420 e. The van der Waals surface area contributed by atoms with Gasteiger partial charge in [0.05, 0.1) is 18.1 Å².